The van der Waals surface area contributed by atoms with E-state index in [-0.39, 0.29) is 28.2 Å². The lowest BCUT2D eigenvalue weighted by Crippen LogP contribution is -2.14. The molecule has 1 amide bonds. The van der Waals surface area contributed by atoms with E-state index in [1.807, 2.05) is 18.2 Å². The second-order valence-electron chi connectivity index (χ2n) is 7.03. The van der Waals surface area contributed by atoms with Crippen molar-refractivity contribution >= 4 is 29.1 Å². The van der Waals surface area contributed by atoms with Crippen molar-refractivity contribution in [3.05, 3.63) is 94.6 Å². The minimum atomic E-state index is -0.759. The smallest absolute Gasteiger partial charge is 0.255 e. The molecule has 0 atom stereocenters. The Balaban J connectivity index is 1.61. The van der Waals surface area contributed by atoms with Gasteiger partial charge in [-0.25, -0.2) is 4.98 Å². The molecule has 4 rings (SSSR count). The Bertz CT molecular complexity index is 1460. The van der Waals surface area contributed by atoms with Crippen molar-refractivity contribution < 1.29 is 9.53 Å². The summed E-state index contributed by atoms with van der Waals surface area (Å²) < 4.78 is 5.83. The van der Waals surface area contributed by atoms with E-state index in [2.05, 4.69) is 21.4 Å². The van der Waals surface area contributed by atoms with Crippen molar-refractivity contribution in [1.29, 1.82) is 10.5 Å². The van der Waals surface area contributed by atoms with E-state index < -0.39 is 5.91 Å². The van der Waals surface area contributed by atoms with Crippen LogP contribution in [-0.2, 0) is 0 Å². The third-order valence-corrected chi connectivity index (χ3v) is 5.07. The molecular formula is C25H15ClN6O2. The van der Waals surface area contributed by atoms with E-state index in [0.29, 0.717) is 16.8 Å². The van der Waals surface area contributed by atoms with Gasteiger partial charge in [-0.05, 0) is 59.7 Å². The lowest BCUT2D eigenvalue weighted by atomic mass is 10.0. The number of nitrogens with zero attached hydrogens (tertiary/aromatic N) is 4. The van der Waals surface area contributed by atoms with Gasteiger partial charge in [0.15, 0.2) is 0 Å². The zero-order valence-electron chi connectivity index (χ0n) is 17.5. The molecule has 3 N–H and O–H groups in total. The first-order valence-electron chi connectivity index (χ1n) is 9.89. The largest absolute Gasteiger partial charge is 0.436 e. The number of carbonyl (C=O) groups excluding carboxylic acids is 1. The molecule has 34 heavy (non-hydrogen) atoms. The van der Waals surface area contributed by atoms with Crippen molar-refractivity contribution in [1.82, 2.24) is 9.97 Å². The predicted octanol–water partition coefficient (Wildman–Crippen LogP) is 5.18. The normalized spacial score (nSPS) is 10.1. The highest BCUT2D eigenvalue weighted by atomic mass is 35.5. The van der Waals surface area contributed by atoms with Crippen LogP contribution in [0, 0.1) is 22.7 Å². The number of primary amides is 1. The first-order valence-corrected chi connectivity index (χ1v) is 10.3. The number of amides is 1. The second kappa shape index (κ2) is 9.70. The molecule has 1 heterocycles. The van der Waals surface area contributed by atoms with Gasteiger partial charge in [-0.2, -0.15) is 15.5 Å². The minimum absolute atomic E-state index is 0.0161. The topological polar surface area (TPSA) is 138 Å². The molecule has 0 spiro atoms. The highest BCUT2D eigenvalue weighted by Gasteiger charge is 2.16. The summed E-state index contributed by atoms with van der Waals surface area (Å²) in [5.74, 6) is -0.392. The van der Waals surface area contributed by atoms with Gasteiger partial charge in [0.1, 0.15) is 11.3 Å². The van der Waals surface area contributed by atoms with Crippen molar-refractivity contribution in [2.45, 2.75) is 0 Å². The molecule has 0 aliphatic heterocycles. The van der Waals surface area contributed by atoms with Crippen LogP contribution in [0.3, 0.4) is 0 Å². The molecule has 8 nitrogen and oxygen atoms in total. The summed E-state index contributed by atoms with van der Waals surface area (Å²) in [6.07, 6.45) is 1.26. The number of nitrogens with one attached hydrogen (secondary N) is 1. The number of nitrogens with two attached hydrogens (primary N) is 1. The summed E-state index contributed by atoms with van der Waals surface area (Å²) >= 11 is 6.44. The van der Waals surface area contributed by atoms with Crippen LogP contribution in [-0.4, -0.2) is 15.9 Å². The molecule has 4 aromatic rings. The fraction of sp³-hybridized carbons (Fsp3) is 0. The maximum atomic E-state index is 11.9. The van der Waals surface area contributed by atoms with Crippen LogP contribution in [0.25, 0.3) is 11.1 Å². The van der Waals surface area contributed by atoms with Crippen molar-refractivity contribution in [3.63, 3.8) is 0 Å². The summed E-state index contributed by atoms with van der Waals surface area (Å²) in [6.45, 7) is 0. The van der Waals surface area contributed by atoms with Crippen LogP contribution in [0.1, 0.15) is 21.5 Å². The second-order valence-corrected chi connectivity index (χ2v) is 7.43. The Morgan fingerprint density at radius 2 is 1.56 bits per heavy atom. The fourth-order valence-corrected chi connectivity index (χ4v) is 3.25. The summed E-state index contributed by atoms with van der Waals surface area (Å²) in [6, 6.07) is 23.0. The zero-order valence-corrected chi connectivity index (χ0v) is 18.2. The Hall–Kier alpha value is -4.92. The van der Waals surface area contributed by atoms with Crippen LogP contribution in [0.15, 0.2) is 72.9 Å². The molecule has 0 aliphatic rings. The molecule has 0 saturated heterocycles. The SMILES string of the molecule is N#Cc1ccc(Nc2ncc(C(N)=O)c(Oc3ccc(-c4ccc(C#N)cc4)cc3Cl)n2)cc1. The first-order chi connectivity index (χ1) is 16.5. The Morgan fingerprint density at radius 3 is 2.15 bits per heavy atom. The van der Waals surface area contributed by atoms with Gasteiger partial charge in [0.2, 0.25) is 11.8 Å². The van der Waals surface area contributed by atoms with Gasteiger partial charge < -0.3 is 15.8 Å². The fourth-order valence-electron chi connectivity index (χ4n) is 3.03. The highest BCUT2D eigenvalue weighted by Crippen LogP contribution is 2.34. The summed E-state index contributed by atoms with van der Waals surface area (Å²) in [5.41, 5.74) is 8.85. The van der Waals surface area contributed by atoms with E-state index in [1.165, 1.54) is 6.20 Å². The Morgan fingerprint density at radius 1 is 0.941 bits per heavy atom. The number of halogens is 1. The number of anilines is 2. The van der Waals surface area contributed by atoms with Gasteiger partial charge in [0, 0.05) is 11.9 Å². The minimum Gasteiger partial charge on any atom is -0.436 e. The number of hydrogen-bond donors (Lipinski definition) is 2. The van der Waals surface area contributed by atoms with Crippen molar-refractivity contribution in [3.8, 4) is 34.9 Å². The standard InChI is InChI=1S/C25H15ClN6O2/c26-21-11-18(17-5-1-15(12-27)2-6-17)7-10-22(21)34-24-20(23(29)33)14-30-25(32-24)31-19-8-3-16(13-28)4-9-19/h1-11,14H,(H2,29,33)(H,30,31,32). The molecule has 1 aromatic heterocycles. The van der Waals surface area contributed by atoms with Gasteiger partial charge >= 0.3 is 0 Å². The number of hydrogen-bond acceptors (Lipinski definition) is 7. The van der Waals surface area contributed by atoms with Crippen molar-refractivity contribution in [2.24, 2.45) is 5.73 Å². The maximum absolute atomic E-state index is 11.9. The van der Waals surface area contributed by atoms with Crippen LogP contribution < -0.4 is 15.8 Å². The van der Waals surface area contributed by atoms with Crippen LogP contribution in [0.5, 0.6) is 11.6 Å². The molecule has 0 bridgehead atoms. The van der Waals surface area contributed by atoms with E-state index in [4.69, 9.17) is 32.6 Å². The Kier molecular flexibility index (Phi) is 6.35. The molecule has 0 saturated carbocycles. The summed E-state index contributed by atoms with van der Waals surface area (Å²) in [4.78, 5) is 20.3. The molecule has 0 unspecified atom stereocenters. The number of rotatable bonds is 6. The highest BCUT2D eigenvalue weighted by molar-refractivity contribution is 6.32. The zero-order chi connectivity index (χ0) is 24.1. The summed E-state index contributed by atoms with van der Waals surface area (Å²) in [7, 11) is 0. The van der Waals surface area contributed by atoms with Gasteiger partial charge in [-0.1, -0.05) is 29.8 Å². The lowest BCUT2D eigenvalue weighted by molar-refractivity contribution is 0.0997. The molecule has 0 radical (unpaired) electrons. The quantitative estimate of drug-likeness (QED) is 0.399. The average molecular weight is 467 g/mol. The molecule has 9 heteroatoms. The third-order valence-electron chi connectivity index (χ3n) is 4.78. The van der Waals surface area contributed by atoms with Crippen LogP contribution in [0.4, 0.5) is 11.6 Å². The number of benzene rings is 3. The average Bonchev–Trinajstić information content (AvgIpc) is 2.86. The predicted molar refractivity (Wildman–Crippen MR) is 127 cm³/mol. The first kappa shape index (κ1) is 22.3. The van der Waals surface area contributed by atoms with E-state index in [1.54, 1.807) is 54.6 Å². The number of nitriles is 2. The Labute approximate surface area is 199 Å². The monoisotopic (exact) mass is 466 g/mol. The van der Waals surface area contributed by atoms with Crippen LogP contribution >= 0.6 is 11.6 Å². The van der Waals surface area contributed by atoms with E-state index in [0.717, 1.165) is 11.1 Å². The maximum Gasteiger partial charge on any atom is 0.255 e. The van der Waals surface area contributed by atoms with E-state index >= 15 is 0 Å². The lowest BCUT2D eigenvalue weighted by Gasteiger charge is -2.12. The van der Waals surface area contributed by atoms with Gasteiger partial charge in [-0.3, -0.25) is 4.79 Å². The van der Waals surface area contributed by atoms with Gasteiger partial charge in [0.25, 0.3) is 5.91 Å². The van der Waals surface area contributed by atoms with Gasteiger partial charge in [-0.15, -0.1) is 0 Å². The molecule has 0 fully saturated rings. The van der Waals surface area contributed by atoms with Gasteiger partial charge in [0.05, 0.1) is 28.3 Å². The van der Waals surface area contributed by atoms with Crippen LogP contribution in [0.2, 0.25) is 5.02 Å². The molecule has 3 aromatic carbocycles. The van der Waals surface area contributed by atoms with E-state index in [9.17, 15) is 4.79 Å². The number of aromatic nitrogens is 2. The molecular weight excluding hydrogens is 452 g/mol. The number of carbonyl (C=O) groups is 1. The number of ether oxygens (including phenoxy) is 1. The van der Waals surface area contributed by atoms with Crippen molar-refractivity contribution in [2.75, 3.05) is 5.32 Å². The third kappa shape index (κ3) is 4.94. The molecule has 0 aliphatic carbocycles. The molecule has 164 valence electrons. The summed E-state index contributed by atoms with van der Waals surface area (Å²) in [5, 5.41) is 21.2.